The van der Waals surface area contributed by atoms with Crippen molar-refractivity contribution in [2.45, 2.75) is 46.3 Å². The predicted molar refractivity (Wildman–Crippen MR) is 84.8 cm³/mol. The molecule has 5 heteroatoms. The largest absolute Gasteiger partial charge is 0.339 e. The fourth-order valence-corrected chi connectivity index (χ4v) is 3.49. The van der Waals surface area contributed by atoms with Gasteiger partial charge in [0.25, 0.3) is 0 Å². The third-order valence-electron chi connectivity index (χ3n) is 3.60. The van der Waals surface area contributed by atoms with Crippen LogP contribution in [-0.4, -0.2) is 58.8 Å². The Balaban J connectivity index is 2.33. The zero-order valence-corrected chi connectivity index (χ0v) is 14.3. The molecular weight excluding hydrogens is 272 g/mol. The zero-order valence-electron chi connectivity index (χ0n) is 13.4. The summed E-state index contributed by atoms with van der Waals surface area (Å²) in [6.07, 6.45) is 1.12. The van der Waals surface area contributed by atoms with Crippen LogP contribution in [0.4, 0.5) is 0 Å². The van der Waals surface area contributed by atoms with Crippen molar-refractivity contribution in [1.29, 1.82) is 0 Å². The monoisotopic (exact) mass is 300 g/mol. The van der Waals surface area contributed by atoms with Crippen LogP contribution < -0.4 is 0 Å². The van der Waals surface area contributed by atoms with Gasteiger partial charge in [0.2, 0.25) is 11.8 Å². The van der Waals surface area contributed by atoms with Gasteiger partial charge in [-0.3, -0.25) is 9.59 Å². The van der Waals surface area contributed by atoms with Crippen LogP contribution in [0.1, 0.15) is 41.0 Å². The lowest BCUT2D eigenvalue weighted by Gasteiger charge is -2.35. The number of hydrogen-bond acceptors (Lipinski definition) is 3. The van der Waals surface area contributed by atoms with Gasteiger partial charge >= 0.3 is 0 Å². The molecule has 1 saturated heterocycles. The van der Waals surface area contributed by atoms with Crippen LogP contribution in [0, 0.1) is 5.41 Å². The Morgan fingerprint density at radius 2 is 1.60 bits per heavy atom. The third kappa shape index (κ3) is 5.73. The van der Waals surface area contributed by atoms with Crippen LogP contribution >= 0.6 is 11.8 Å². The minimum atomic E-state index is 0.0150. The van der Waals surface area contributed by atoms with E-state index in [2.05, 4.69) is 20.8 Å². The lowest BCUT2D eigenvalue weighted by molar-refractivity contribution is -0.137. The van der Waals surface area contributed by atoms with E-state index in [0.717, 1.165) is 12.2 Å². The molecule has 0 aliphatic carbocycles. The molecule has 1 unspecified atom stereocenters. The molecule has 1 heterocycles. The summed E-state index contributed by atoms with van der Waals surface area (Å²) in [4.78, 5) is 27.3. The van der Waals surface area contributed by atoms with Crippen LogP contribution in [0.3, 0.4) is 0 Å². The number of hydrogen-bond donors (Lipinski definition) is 0. The van der Waals surface area contributed by atoms with Gasteiger partial charge in [0.05, 0.1) is 5.25 Å². The smallest absolute Gasteiger partial charge is 0.235 e. The van der Waals surface area contributed by atoms with Gasteiger partial charge in [-0.15, -0.1) is 11.8 Å². The maximum absolute atomic E-state index is 12.3. The van der Waals surface area contributed by atoms with Crippen LogP contribution in [0.2, 0.25) is 0 Å². The molecule has 0 aromatic carbocycles. The number of carbonyl (C=O) groups excluding carboxylic acids is 2. The van der Waals surface area contributed by atoms with Gasteiger partial charge in [0.1, 0.15) is 0 Å². The number of nitrogens with zero attached hydrogens (tertiary/aromatic N) is 2. The fraction of sp³-hybridized carbons (Fsp3) is 0.867. The Bertz CT molecular complexity index is 344. The zero-order chi connectivity index (χ0) is 15.3. The molecule has 0 aromatic heterocycles. The molecule has 0 spiro atoms. The van der Waals surface area contributed by atoms with Crippen LogP contribution in [0.25, 0.3) is 0 Å². The summed E-state index contributed by atoms with van der Waals surface area (Å²) in [7, 11) is 0. The second-order valence-corrected chi connectivity index (χ2v) is 8.10. The average molecular weight is 300 g/mol. The molecule has 116 valence electrons. The highest BCUT2D eigenvalue weighted by Crippen LogP contribution is 2.24. The Kier molecular flexibility index (Phi) is 6.37. The summed E-state index contributed by atoms with van der Waals surface area (Å²) in [6.45, 7) is 12.9. The van der Waals surface area contributed by atoms with Crippen molar-refractivity contribution in [1.82, 2.24) is 9.80 Å². The van der Waals surface area contributed by atoms with Crippen molar-refractivity contribution >= 4 is 23.6 Å². The van der Waals surface area contributed by atoms with Crippen LogP contribution in [0.5, 0.6) is 0 Å². The van der Waals surface area contributed by atoms with Crippen LogP contribution in [0.15, 0.2) is 0 Å². The second-order valence-electron chi connectivity index (χ2n) is 6.66. The van der Waals surface area contributed by atoms with Gasteiger partial charge in [-0.25, -0.2) is 0 Å². The Hall–Kier alpha value is -0.710. The predicted octanol–water partition coefficient (Wildman–Crippen LogP) is 2.23. The molecule has 4 nitrogen and oxygen atoms in total. The molecule has 20 heavy (non-hydrogen) atoms. The summed E-state index contributed by atoms with van der Waals surface area (Å²) in [5.41, 5.74) is 0.322. The third-order valence-corrected chi connectivity index (χ3v) is 4.75. The first-order valence-electron chi connectivity index (χ1n) is 7.36. The molecule has 1 aliphatic heterocycles. The molecule has 0 aromatic rings. The number of thioether (sulfide) groups is 1. The summed E-state index contributed by atoms with van der Waals surface area (Å²) < 4.78 is 0. The summed E-state index contributed by atoms with van der Waals surface area (Å²) in [5.74, 6) is 1.33. The van der Waals surface area contributed by atoms with E-state index in [-0.39, 0.29) is 17.1 Å². The lowest BCUT2D eigenvalue weighted by Crippen LogP contribution is -2.51. The minimum Gasteiger partial charge on any atom is -0.339 e. The number of amides is 2. The Labute approximate surface area is 127 Å². The van der Waals surface area contributed by atoms with Crippen molar-refractivity contribution in [2.75, 3.05) is 31.9 Å². The first kappa shape index (κ1) is 17.3. The maximum atomic E-state index is 12.3. The van der Waals surface area contributed by atoms with Gasteiger partial charge in [0.15, 0.2) is 0 Å². The molecule has 0 N–H and O–H groups in total. The SMILES string of the molecule is CC(=O)N1CCN(C(=O)C(C)SCCC(C)(C)C)CC1. The van der Waals surface area contributed by atoms with E-state index < -0.39 is 0 Å². The highest BCUT2D eigenvalue weighted by molar-refractivity contribution is 8.00. The summed E-state index contributed by atoms with van der Waals surface area (Å²) >= 11 is 1.74. The Morgan fingerprint density at radius 1 is 1.10 bits per heavy atom. The van der Waals surface area contributed by atoms with Gasteiger partial charge in [-0.1, -0.05) is 20.8 Å². The van der Waals surface area contributed by atoms with E-state index in [1.54, 1.807) is 23.6 Å². The number of piperazine rings is 1. The molecular formula is C15H28N2O2S. The Morgan fingerprint density at radius 3 is 2.05 bits per heavy atom. The minimum absolute atomic E-state index is 0.0150. The second kappa shape index (κ2) is 7.34. The number of carbonyl (C=O) groups is 2. The average Bonchev–Trinajstić information content (AvgIpc) is 2.36. The van der Waals surface area contributed by atoms with Gasteiger partial charge in [-0.2, -0.15) is 0 Å². The number of rotatable bonds is 4. The van der Waals surface area contributed by atoms with Crippen molar-refractivity contribution < 1.29 is 9.59 Å². The summed E-state index contributed by atoms with van der Waals surface area (Å²) in [5, 5.41) is 0.0150. The van der Waals surface area contributed by atoms with E-state index in [9.17, 15) is 9.59 Å². The van der Waals surface area contributed by atoms with E-state index in [0.29, 0.717) is 31.6 Å². The standard InChI is InChI=1S/C15H28N2O2S/c1-12(20-11-6-15(3,4)5)14(19)17-9-7-16(8-10-17)13(2)18/h12H,6-11H2,1-5H3. The lowest BCUT2D eigenvalue weighted by atomic mass is 9.94. The highest BCUT2D eigenvalue weighted by Gasteiger charge is 2.26. The van der Waals surface area contributed by atoms with E-state index in [1.807, 2.05) is 11.8 Å². The first-order valence-corrected chi connectivity index (χ1v) is 8.41. The van der Waals surface area contributed by atoms with Gasteiger partial charge in [-0.05, 0) is 24.5 Å². The van der Waals surface area contributed by atoms with Crippen molar-refractivity contribution in [3.05, 3.63) is 0 Å². The summed E-state index contributed by atoms with van der Waals surface area (Å²) in [6, 6.07) is 0. The molecule has 1 atom stereocenters. The molecule has 1 rings (SSSR count). The van der Waals surface area contributed by atoms with E-state index >= 15 is 0 Å². The highest BCUT2D eigenvalue weighted by atomic mass is 32.2. The molecule has 0 saturated carbocycles. The molecule has 2 amide bonds. The molecule has 1 fully saturated rings. The van der Waals surface area contributed by atoms with Crippen molar-refractivity contribution in [2.24, 2.45) is 5.41 Å². The fourth-order valence-electron chi connectivity index (χ4n) is 2.11. The van der Waals surface area contributed by atoms with Gasteiger partial charge < -0.3 is 9.80 Å². The topological polar surface area (TPSA) is 40.6 Å². The van der Waals surface area contributed by atoms with E-state index in [1.165, 1.54) is 0 Å². The van der Waals surface area contributed by atoms with Crippen molar-refractivity contribution in [3.8, 4) is 0 Å². The van der Waals surface area contributed by atoms with Crippen LogP contribution in [-0.2, 0) is 9.59 Å². The van der Waals surface area contributed by atoms with E-state index in [4.69, 9.17) is 0 Å². The maximum Gasteiger partial charge on any atom is 0.235 e. The quantitative estimate of drug-likeness (QED) is 0.799. The normalized spacial score (nSPS) is 18.1. The van der Waals surface area contributed by atoms with Crippen molar-refractivity contribution in [3.63, 3.8) is 0 Å². The molecule has 0 radical (unpaired) electrons. The molecule has 0 bridgehead atoms. The first-order chi connectivity index (χ1) is 9.20. The molecule has 1 aliphatic rings. The van der Waals surface area contributed by atoms with Gasteiger partial charge in [0, 0.05) is 33.1 Å².